The topological polar surface area (TPSA) is 39.2 Å². The first-order valence-corrected chi connectivity index (χ1v) is 7.17. The van der Waals surface area contributed by atoms with Gasteiger partial charge < -0.3 is 4.74 Å². The van der Waals surface area contributed by atoms with Crippen molar-refractivity contribution in [1.82, 2.24) is 4.98 Å². The van der Waals surface area contributed by atoms with Crippen LogP contribution in [-0.4, -0.2) is 11.0 Å². The lowest BCUT2D eigenvalue weighted by atomic mass is 10.0. The van der Waals surface area contributed by atoms with E-state index < -0.39 is 0 Å². The largest absolute Gasteiger partial charge is 0.435 e. The molecule has 1 heterocycles. The maximum Gasteiger partial charge on any atom is 0.307 e. The molecule has 1 aromatic heterocycles. The van der Waals surface area contributed by atoms with Crippen molar-refractivity contribution in [1.29, 1.82) is 0 Å². The van der Waals surface area contributed by atoms with Crippen LogP contribution in [0, 0.1) is 0 Å². The van der Waals surface area contributed by atoms with Gasteiger partial charge in [-0.2, -0.15) is 0 Å². The number of benzene rings is 1. The van der Waals surface area contributed by atoms with Crippen LogP contribution >= 0.6 is 0 Å². The van der Waals surface area contributed by atoms with Crippen molar-refractivity contribution in [2.75, 3.05) is 0 Å². The summed E-state index contributed by atoms with van der Waals surface area (Å²) in [4.78, 5) is 14.0. The quantitative estimate of drug-likeness (QED) is 0.591. The third-order valence-corrected chi connectivity index (χ3v) is 2.92. The zero-order valence-electron chi connectivity index (χ0n) is 13.5. The number of carbonyl (C=O) groups is 1. The van der Waals surface area contributed by atoms with Crippen molar-refractivity contribution in [3.05, 3.63) is 84.9 Å². The molecule has 0 N–H and O–H groups in total. The molecular formula is C20H21NO2. The molecule has 3 nitrogen and oxygen atoms in total. The van der Waals surface area contributed by atoms with Crippen LogP contribution in [-0.2, 0) is 9.53 Å². The second kappa shape index (κ2) is 9.90. The zero-order chi connectivity index (χ0) is 17.1. The molecule has 23 heavy (non-hydrogen) atoms. The molecule has 1 aromatic carbocycles. The van der Waals surface area contributed by atoms with E-state index in [1.165, 1.54) is 18.1 Å². The summed E-state index contributed by atoms with van der Waals surface area (Å²) in [5.74, 6) is -0.329. The minimum atomic E-state index is -0.329. The van der Waals surface area contributed by atoms with E-state index in [1.807, 2.05) is 24.3 Å². The molecular weight excluding hydrogens is 286 g/mol. The lowest BCUT2D eigenvalue weighted by Crippen LogP contribution is -1.87. The van der Waals surface area contributed by atoms with Gasteiger partial charge >= 0.3 is 5.97 Å². The first-order chi connectivity index (χ1) is 11.1. The summed E-state index contributed by atoms with van der Waals surface area (Å²) in [5.41, 5.74) is 4.47. The lowest BCUT2D eigenvalue weighted by Gasteiger charge is -2.03. The van der Waals surface area contributed by atoms with Gasteiger partial charge in [0.15, 0.2) is 0 Å². The fourth-order valence-corrected chi connectivity index (χ4v) is 1.86. The molecule has 0 atom stereocenters. The van der Waals surface area contributed by atoms with Crippen LogP contribution < -0.4 is 0 Å². The van der Waals surface area contributed by atoms with Gasteiger partial charge in [-0.3, -0.25) is 9.78 Å². The molecule has 0 aliphatic heterocycles. The zero-order valence-corrected chi connectivity index (χ0v) is 13.5. The van der Waals surface area contributed by atoms with Crippen LogP contribution in [0.2, 0.25) is 0 Å². The van der Waals surface area contributed by atoms with E-state index in [-0.39, 0.29) is 5.97 Å². The summed E-state index contributed by atoms with van der Waals surface area (Å²) < 4.78 is 4.17. The van der Waals surface area contributed by atoms with Crippen LogP contribution in [0.5, 0.6) is 0 Å². The van der Waals surface area contributed by atoms with Gasteiger partial charge in [0.2, 0.25) is 0 Å². The molecule has 0 radical (unpaired) electrons. The Hall–Kier alpha value is -2.94. The maximum absolute atomic E-state index is 9.75. The summed E-state index contributed by atoms with van der Waals surface area (Å²) in [7, 11) is 0. The van der Waals surface area contributed by atoms with E-state index in [4.69, 9.17) is 0 Å². The Morgan fingerprint density at radius 3 is 2.30 bits per heavy atom. The molecule has 0 bridgehead atoms. The number of pyridine rings is 1. The molecule has 2 aromatic rings. The van der Waals surface area contributed by atoms with Crippen LogP contribution in [0.15, 0.2) is 68.1 Å². The Kier molecular flexibility index (Phi) is 7.79. The van der Waals surface area contributed by atoms with Crippen LogP contribution in [0.25, 0.3) is 17.7 Å². The number of allylic oxidation sites excluding steroid dienone is 1. The molecule has 0 amide bonds. The molecule has 0 saturated carbocycles. The Bertz CT molecular complexity index is 688. The van der Waals surface area contributed by atoms with Gasteiger partial charge in [0.25, 0.3) is 0 Å². The highest BCUT2D eigenvalue weighted by Gasteiger charge is 1.98. The van der Waals surface area contributed by atoms with E-state index in [1.54, 1.807) is 12.3 Å². The molecule has 118 valence electrons. The average molecular weight is 307 g/mol. The van der Waals surface area contributed by atoms with Gasteiger partial charge in [-0.1, -0.05) is 49.6 Å². The van der Waals surface area contributed by atoms with E-state index in [9.17, 15) is 4.79 Å². The minimum Gasteiger partial charge on any atom is -0.435 e. The predicted molar refractivity (Wildman–Crippen MR) is 96.3 cm³/mol. The van der Waals surface area contributed by atoms with Gasteiger partial charge in [0.05, 0.1) is 12.0 Å². The molecule has 2 rings (SSSR count). The SMILES string of the molecule is C=COC(C)=O.C=Cc1ncccc1C=C(C)c1ccccc1. The van der Waals surface area contributed by atoms with Crippen LogP contribution in [0.3, 0.4) is 0 Å². The first-order valence-electron chi connectivity index (χ1n) is 7.17. The summed E-state index contributed by atoms with van der Waals surface area (Å²) >= 11 is 0. The second-order valence-corrected chi connectivity index (χ2v) is 4.65. The van der Waals surface area contributed by atoms with Gasteiger partial charge in [-0.25, -0.2) is 0 Å². The normalized spacial score (nSPS) is 10.1. The standard InChI is InChI=1S/C16H15N.C4H6O2/c1-3-16-15(10-7-11-17-16)12-13(2)14-8-5-4-6-9-14;1-3-6-4(2)5/h3-12H,1H2,2H3;3H,1H2,2H3. The van der Waals surface area contributed by atoms with Crippen molar-refractivity contribution >= 4 is 23.7 Å². The molecule has 0 fully saturated rings. The number of aromatic nitrogens is 1. The number of nitrogens with zero attached hydrogens (tertiary/aromatic N) is 1. The maximum atomic E-state index is 9.75. The summed E-state index contributed by atoms with van der Waals surface area (Å²) in [6, 6.07) is 14.3. The highest BCUT2D eigenvalue weighted by molar-refractivity contribution is 5.82. The lowest BCUT2D eigenvalue weighted by molar-refractivity contribution is -0.135. The van der Waals surface area contributed by atoms with Gasteiger partial charge in [0.1, 0.15) is 0 Å². The first kappa shape index (κ1) is 18.1. The molecule has 0 spiro atoms. The fourth-order valence-electron chi connectivity index (χ4n) is 1.86. The fraction of sp³-hybridized carbons (Fsp3) is 0.100. The number of hydrogen-bond acceptors (Lipinski definition) is 3. The van der Waals surface area contributed by atoms with Gasteiger partial charge in [0, 0.05) is 18.7 Å². The molecule has 3 heteroatoms. The Morgan fingerprint density at radius 1 is 1.09 bits per heavy atom. The van der Waals surface area contributed by atoms with Crippen molar-refractivity contribution in [2.45, 2.75) is 13.8 Å². The number of esters is 1. The Morgan fingerprint density at radius 2 is 1.78 bits per heavy atom. The molecule has 0 unspecified atom stereocenters. The van der Waals surface area contributed by atoms with Crippen molar-refractivity contribution in [2.24, 2.45) is 0 Å². The van der Waals surface area contributed by atoms with Crippen LogP contribution in [0.4, 0.5) is 0 Å². The Labute approximate surface area is 137 Å². The number of ether oxygens (including phenoxy) is 1. The number of hydrogen-bond donors (Lipinski definition) is 0. The van der Waals surface area contributed by atoms with E-state index in [0.717, 1.165) is 17.5 Å². The average Bonchev–Trinajstić information content (AvgIpc) is 2.56. The van der Waals surface area contributed by atoms with E-state index in [0.29, 0.717) is 0 Å². The Balaban J connectivity index is 0.000000379. The summed E-state index contributed by atoms with van der Waals surface area (Å²) in [6.45, 7) is 10.4. The molecule has 0 aliphatic rings. The van der Waals surface area contributed by atoms with E-state index >= 15 is 0 Å². The third kappa shape index (κ3) is 6.57. The molecule has 0 aliphatic carbocycles. The monoisotopic (exact) mass is 307 g/mol. The summed E-state index contributed by atoms with van der Waals surface area (Å²) in [6.07, 6.45) is 6.80. The highest BCUT2D eigenvalue weighted by Crippen LogP contribution is 2.19. The number of carbonyl (C=O) groups excluding carboxylic acids is 1. The predicted octanol–water partition coefficient (Wildman–Crippen LogP) is 4.98. The highest BCUT2D eigenvalue weighted by atomic mass is 16.5. The van der Waals surface area contributed by atoms with Gasteiger partial charge in [-0.05, 0) is 36.3 Å². The third-order valence-electron chi connectivity index (χ3n) is 2.92. The van der Waals surface area contributed by atoms with E-state index in [2.05, 4.69) is 54.1 Å². The molecule has 0 saturated heterocycles. The second-order valence-electron chi connectivity index (χ2n) is 4.65. The smallest absolute Gasteiger partial charge is 0.307 e. The number of rotatable bonds is 4. The van der Waals surface area contributed by atoms with Crippen molar-refractivity contribution < 1.29 is 9.53 Å². The summed E-state index contributed by atoms with van der Waals surface area (Å²) in [5, 5.41) is 0. The van der Waals surface area contributed by atoms with Crippen molar-refractivity contribution in [3.8, 4) is 0 Å². The van der Waals surface area contributed by atoms with Crippen LogP contribution in [0.1, 0.15) is 30.7 Å². The van der Waals surface area contributed by atoms with Gasteiger partial charge in [-0.15, -0.1) is 0 Å². The minimum absolute atomic E-state index is 0.329. The van der Waals surface area contributed by atoms with Crippen molar-refractivity contribution in [3.63, 3.8) is 0 Å².